The van der Waals surface area contributed by atoms with Crippen LogP contribution >= 0.6 is 0 Å². The Balaban J connectivity index is 2.10. The van der Waals surface area contributed by atoms with Gasteiger partial charge in [-0.05, 0) is 25.7 Å². The molecule has 1 saturated heterocycles. The van der Waals surface area contributed by atoms with Crippen LogP contribution in [0.5, 0.6) is 0 Å². The molecule has 0 aromatic rings. The zero-order chi connectivity index (χ0) is 11.7. The number of hydrogen-bond donors (Lipinski definition) is 2. The Morgan fingerprint density at radius 2 is 2.19 bits per heavy atom. The Bertz CT molecular complexity index is 306. The first kappa shape index (κ1) is 11.4. The van der Waals surface area contributed by atoms with Gasteiger partial charge in [-0.15, -0.1) is 0 Å². The lowest BCUT2D eigenvalue weighted by atomic mass is 10.1. The van der Waals surface area contributed by atoms with E-state index in [-0.39, 0.29) is 24.0 Å². The second kappa shape index (κ2) is 4.41. The predicted molar refractivity (Wildman–Crippen MR) is 57.7 cm³/mol. The van der Waals surface area contributed by atoms with Crippen LogP contribution in [-0.4, -0.2) is 40.1 Å². The van der Waals surface area contributed by atoms with Crippen LogP contribution in [0.2, 0.25) is 0 Å². The van der Waals surface area contributed by atoms with Gasteiger partial charge in [0.05, 0.1) is 12.1 Å². The highest BCUT2D eigenvalue weighted by molar-refractivity contribution is 6.04. The second-order valence-electron chi connectivity index (χ2n) is 4.56. The predicted octanol–water partition coefficient (Wildman–Crippen LogP) is 0.620. The largest absolute Gasteiger partial charge is 0.391 e. The molecule has 1 aliphatic carbocycles. The van der Waals surface area contributed by atoms with Gasteiger partial charge in [0.15, 0.2) is 0 Å². The Morgan fingerprint density at radius 3 is 2.75 bits per heavy atom. The second-order valence-corrected chi connectivity index (χ2v) is 4.56. The number of imide groups is 1. The minimum Gasteiger partial charge on any atom is -0.391 e. The normalized spacial score (nSPS) is 34.6. The molecule has 0 bridgehead atoms. The first-order chi connectivity index (χ1) is 7.65. The minimum atomic E-state index is -0.546. The molecule has 2 N–H and O–H groups in total. The average molecular weight is 226 g/mol. The van der Waals surface area contributed by atoms with Crippen molar-refractivity contribution in [2.75, 3.05) is 0 Å². The molecule has 5 heteroatoms. The van der Waals surface area contributed by atoms with Gasteiger partial charge in [0.2, 0.25) is 0 Å². The summed E-state index contributed by atoms with van der Waals surface area (Å²) in [6.07, 6.45) is 3.26. The van der Waals surface area contributed by atoms with Crippen molar-refractivity contribution in [1.82, 2.24) is 10.2 Å². The highest BCUT2D eigenvalue weighted by Crippen LogP contribution is 2.27. The molecule has 1 heterocycles. The number of amides is 3. The van der Waals surface area contributed by atoms with Crippen molar-refractivity contribution in [3.05, 3.63) is 0 Å². The molecule has 3 atom stereocenters. The van der Waals surface area contributed by atoms with Crippen molar-refractivity contribution in [3.8, 4) is 0 Å². The molecule has 1 saturated carbocycles. The molecule has 16 heavy (non-hydrogen) atoms. The molecule has 5 nitrogen and oxygen atoms in total. The lowest BCUT2D eigenvalue weighted by molar-refractivity contribution is -0.130. The molecule has 0 aromatic heterocycles. The average Bonchev–Trinajstić information content (AvgIpc) is 2.74. The molecule has 0 radical (unpaired) electrons. The van der Waals surface area contributed by atoms with E-state index in [9.17, 15) is 14.7 Å². The summed E-state index contributed by atoms with van der Waals surface area (Å²) in [4.78, 5) is 24.9. The Hall–Kier alpha value is -1.10. The molecule has 0 aromatic carbocycles. The lowest BCUT2D eigenvalue weighted by Gasteiger charge is -2.23. The summed E-state index contributed by atoms with van der Waals surface area (Å²) in [6.45, 7) is 1.98. The number of hydrogen-bond acceptors (Lipinski definition) is 3. The summed E-state index contributed by atoms with van der Waals surface area (Å²) in [7, 11) is 0. The summed E-state index contributed by atoms with van der Waals surface area (Å²) in [5.41, 5.74) is 0. The third-order valence-electron chi connectivity index (χ3n) is 3.40. The van der Waals surface area contributed by atoms with E-state index in [1.54, 1.807) is 0 Å². The van der Waals surface area contributed by atoms with E-state index in [1.165, 1.54) is 4.90 Å². The molecular weight excluding hydrogens is 208 g/mol. The number of aliphatic hydroxyl groups excluding tert-OH is 1. The number of nitrogens with one attached hydrogen (secondary N) is 1. The van der Waals surface area contributed by atoms with Crippen LogP contribution in [0.25, 0.3) is 0 Å². The molecule has 2 fully saturated rings. The van der Waals surface area contributed by atoms with Gasteiger partial charge in [-0.3, -0.25) is 9.69 Å². The summed E-state index contributed by atoms with van der Waals surface area (Å²) in [5, 5.41) is 12.4. The van der Waals surface area contributed by atoms with Crippen molar-refractivity contribution in [1.29, 1.82) is 0 Å². The molecule has 1 aliphatic heterocycles. The van der Waals surface area contributed by atoms with Gasteiger partial charge in [0.25, 0.3) is 5.91 Å². The summed E-state index contributed by atoms with van der Waals surface area (Å²) < 4.78 is 0. The zero-order valence-corrected chi connectivity index (χ0v) is 9.48. The maximum Gasteiger partial charge on any atom is 0.325 e. The van der Waals surface area contributed by atoms with Gasteiger partial charge in [-0.25, -0.2) is 4.79 Å². The quantitative estimate of drug-likeness (QED) is 0.693. The number of aliphatic hydroxyl groups is 1. The number of carbonyl (C=O) groups excluding carboxylic acids is 2. The van der Waals surface area contributed by atoms with Crippen LogP contribution in [0.15, 0.2) is 0 Å². The molecule has 1 unspecified atom stereocenters. The van der Waals surface area contributed by atoms with Crippen LogP contribution in [-0.2, 0) is 4.79 Å². The number of nitrogens with zero attached hydrogens (tertiary/aromatic N) is 1. The van der Waals surface area contributed by atoms with E-state index in [0.717, 1.165) is 19.3 Å². The number of rotatable bonds is 3. The third-order valence-corrected chi connectivity index (χ3v) is 3.40. The van der Waals surface area contributed by atoms with Gasteiger partial charge in [0, 0.05) is 0 Å². The highest BCUT2D eigenvalue weighted by Gasteiger charge is 2.45. The molecule has 0 spiro atoms. The van der Waals surface area contributed by atoms with E-state index >= 15 is 0 Å². The van der Waals surface area contributed by atoms with Crippen LogP contribution < -0.4 is 5.32 Å². The standard InChI is InChI=1S/C11H18N2O3/c1-2-4-7-10(15)13(11(16)12-7)8-5-3-6-9(8)14/h7-9,14H,2-6H2,1H3,(H,12,16)/t7?,8-,9-/m0/s1. The van der Waals surface area contributed by atoms with Gasteiger partial charge in [-0.1, -0.05) is 13.3 Å². The fourth-order valence-corrected chi connectivity index (χ4v) is 2.57. The summed E-state index contributed by atoms with van der Waals surface area (Å²) in [5.74, 6) is -0.169. The van der Waals surface area contributed by atoms with Crippen molar-refractivity contribution in [2.24, 2.45) is 0 Å². The van der Waals surface area contributed by atoms with Crippen molar-refractivity contribution in [2.45, 2.75) is 57.2 Å². The highest BCUT2D eigenvalue weighted by atomic mass is 16.3. The molecule has 2 rings (SSSR count). The van der Waals surface area contributed by atoms with Crippen LogP contribution in [0.3, 0.4) is 0 Å². The van der Waals surface area contributed by atoms with Crippen molar-refractivity contribution < 1.29 is 14.7 Å². The first-order valence-corrected chi connectivity index (χ1v) is 5.96. The number of carbonyl (C=O) groups is 2. The summed E-state index contributed by atoms with van der Waals surface area (Å²) in [6, 6.07) is -1.03. The van der Waals surface area contributed by atoms with Crippen molar-refractivity contribution in [3.63, 3.8) is 0 Å². The van der Waals surface area contributed by atoms with Gasteiger partial charge >= 0.3 is 6.03 Å². The Morgan fingerprint density at radius 1 is 1.44 bits per heavy atom. The van der Waals surface area contributed by atoms with Gasteiger partial charge < -0.3 is 10.4 Å². The third kappa shape index (κ3) is 1.80. The first-order valence-electron chi connectivity index (χ1n) is 5.96. The SMILES string of the molecule is CCCC1NC(=O)N([C@H]2CCC[C@@H]2O)C1=O. The van der Waals surface area contributed by atoms with Crippen LogP contribution in [0.1, 0.15) is 39.0 Å². The van der Waals surface area contributed by atoms with E-state index in [1.807, 2.05) is 6.92 Å². The van der Waals surface area contributed by atoms with Crippen molar-refractivity contribution >= 4 is 11.9 Å². The lowest BCUT2D eigenvalue weighted by Crippen LogP contribution is -2.44. The molecule has 3 amide bonds. The zero-order valence-electron chi connectivity index (χ0n) is 9.48. The smallest absolute Gasteiger partial charge is 0.325 e. The molecular formula is C11H18N2O3. The Labute approximate surface area is 94.8 Å². The van der Waals surface area contributed by atoms with Gasteiger partial charge in [0.1, 0.15) is 6.04 Å². The fourth-order valence-electron chi connectivity index (χ4n) is 2.57. The number of urea groups is 1. The fraction of sp³-hybridized carbons (Fsp3) is 0.818. The molecule has 2 aliphatic rings. The maximum atomic E-state index is 12.0. The van der Waals surface area contributed by atoms with Crippen LogP contribution in [0, 0.1) is 0 Å². The van der Waals surface area contributed by atoms with E-state index in [2.05, 4.69) is 5.32 Å². The maximum absolute atomic E-state index is 12.0. The minimum absolute atomic E-state index is 0.169. The Kier molecular flexibility index (Phi) is 3.14. The monoisotopic (exact) mass is 226 g/mol. The summed E-state index contributed by atoms with van der Waals surface area (Å²) >= 11 is 0. The van der Waals surface area contributed by atoms with E-state index in [0.29, 0.717) is 12.8 Å². The van der Waals surface area contributed by atoms with Crippen LogP contribution in [0.4, 0.5) is 4.79 Å². The topological polar surface area (TPSA) is 69.6 Å². The van der Waals surface area contributed by atoms with Gasteiger partial charge in [-0.2, -0.15) is 0 Å². The van der Waals surface area contributed by atoms with E-state index < -0.39 is 6.10 Å². The molecule has 90 valence electrons. The van der Waals surface area contributed by atoms with E-state index in [4.69, 9.17) is 0 Å².